The minimum atomic E-state index is 0.315. The minimum absolute atomic E-state index is 0.315. The first-order chi connectivity index (χ1) is 6.79. The Morgan fingerprint density at radius 1 is 1.07 bits per heavy atom. The normalized spacial score (nSPS) is 16.2. The summed E-state index contributed by atoms with van der Waals surface area (Å²) < 4.78 is 0. The average Bonchev–Trinajstić information content (AvgIpc) is 2.49. The van der Waals surface area contributed by atoms with Crippen LogP contribution in [0.15, 0.2) is 24.3 Å². The van der Waals surface area contributed by atoms with Gasteiger partial charge >= 0.3 is 0 Å². The minimum Gasteiger partial charge on any atom is -0.341 e. The molecule has 0 atom stereocenters. The van der Waals surface area contributed by atoms with Gasteiger partial charge in [0.25, 0.3) is 0 Å². The van der Waals surface area contributed by atoms with Crippen molar-refractivity contribution in [2.45, 2.75) is 18.9 Å². The van der Waals surface area contributed by atoms with Gasteiger partial charge < -0.3 is 9.80 Å². The second-order valence-corrected chi connectivity index (χ2v) is 4.19. The van der Waals surface area contributed by atoms with E-state index >= 15 is 0 Å². The molecule has 3 heteroatoms. The molecule has 0 bridgehead atoms. The maximum atomic E-state index is 3.72. The number of para-hydroxylation sites is 2. The molecule has 0 saturated heterocycles. The molecule has 0 saturated carbocycles. The number of rotatable bonds is 2. The van der Waals surface area contributed by atoms with Crippen molar-refractivity contribution in [2.75, 3.05) is 22.9 Å². The third-order valence-electron chi connectivity index (χ3n) is 2.70. The average molecular weight is 255 g/mol. The summed E-state index contributed by atoms with van der Waals surface area (Å²) in [6.45, 7) is 6.43. The number of anilines is 2. The predicted molar refractivity (Wildman–Crippen MR) is 65.2 cm³/mol. The van der Waals surface area contributed by atoms with Gasteiger partial charge in [-0.25, -0.2) is 0 Å². The van der Waals surface area contributed by atoms with Crippen LogP contribution in [0.1, 0.15) is 13.8 Å². The monoisotopic (exact) mass is 254 g/mol. The van der Waals surface area contributed by atoms with Crippen LogP contribution >= 0.6 is 15.9 Å². The maximum absolute atomic E-state index is 3.72. The van der Waals surface area contributed by atoms with Crippen molar-refractivity contribution in [3.63, 3.8) is 0 Å². The Balaban J connectivity index is 2.45. The van der Waals surface area contributed by atoms with Crippen LogP contribution in [0, 0.1) is 0 Å². The van der Waals surface area contributed by atoms with E-state index in [1.807, 2.05) is 0 Å². The van der Waals surface area contributed by atoms with E-state index in [9.17, 15) is 0 Å². The van der Waals surface area contributed by atoms with E-state index in [-0.39, 0.29) is 0 Å². The lowest BCUT2D eigenvalue weighted by molar-refractivity contribution is 0.766. The molecule has 1 aliphatic rings. The highest BCUT2D eigenvalue weighted by molar-refractivity contribution is 9.09. The fraction of sp³-hybridized carbons (Fsp3) is 0.455. The summed E-state index contributed by atoms with van der Waals surface area (Å²) >= 11 is 3.72. The van der Waals surface area contributed by atoms with Crippen molar-refractivity contribution in [1.29, 1.82) is 0 Å². The standard InChI is InChI=1S/C11H15BrN2/c1-3-13-9-7-5-6-8-10(9)14(4-2)11(13)12/h5-8,11H,3-4H2,1-2H3. The SMILES string of the molecule is CCN1c2ccccc2N(CC)C1Br. The summed E-state index contributed by atoms with van der Waals surface area (Å²) in [6.07, 6.45) is 0. The van der Waals surface area contributed by atoms with Gasteiger partial charge in [0.1, 0.15) is 0 Å². The summed E-state index contributed by atoms with van der Waals surface area (Å²) in [6, 6.07) is 8.56. The molecular weight excluding hydrogens is 240 g/mol. The molecule has 1 aromatic carbocycles. The molecule has 1 aromatic rings. The number of hydrogen-bond donors (Lipinski definition) is 0. The number of halogens is 1. The molecule has 2 rings (SSSR count). The molecule has 14 heavy (non-hydrogen) atoms. The molecule has 0 amide bonds. The predicted octanol–water partition coefficient (Wildman–Crippen LogP) is 3.03. The summed E-state index contributed by atoms with van der Waals surface area (Å²) in [4.78, 5) is 4.72. The number of fused-ring (bicyclic) bond motifs is 1. The van der Waals surface area contributed by atoms with E-state index in [1.165, 1.54) is 11.4 Å². The molecular formula is C11H15BrN2. The van der Waals surface area contributed by atoms with E-state index in [4.69, 9.17) is 0 Å². The van der Waals surface area contributed by atoms with Crippen LogP contribution in [-0.2, 0) is 0 Å². The first kappa shape index (κ1) is 9.84. The van der Waals surface area contributed by atoms with Crippen molar-refractivity contribution < 1.29 is 0 Å². The summed E-state index contributed by atoms with van der Waals surface area (Å²) in [5.41, 5.74) is 2.66. The molecule has 0 spiro atoms. The van der Waals surface area contributed by atoms with Gasteiger partial charge in [-0.2, -0.15) is 0 Å². The van der Waals surface area contributed by atoms with E-state index in [1.54, 1.807) is 0 Å². The van der Waals surface area contributed by atoms with Crippen molar-refractivity contribution in [1.82, 2.24) is 0 Å². The van der Waals surface area contributed by atoms with E-state index < -0.39 is 0 Å². The third kappa shape index (κ3) is 1.31. The summed E-state index contributed by atoms with van der Waals surface area (Å²) in [7, 11) is 0. The zero-order chi connectivity index (χ0) is 10.1. The van der Waals surface area contributed by atoms with Crippen LogP contribution in [0.25, 0.3) is 0 Å². The molecule has 0 unspecified atom stereocenters. The van der Waals surface area contributed by atoms with Crippen LogP contribution in [0.3, 0.4) is 0 Å². The van der Waals surface area contributed by atoms with Gasteiger partial charge in [-0.15, -0.1) is 0 Å². The highest BCUT2D eigenvalue weighted by atomic mass is 79.9. The van der Waals surface area contributed by atoms with Gasteiger partial charge in [0.2, 0.25) is 0 Å². The molecule has 76 valence electrons. The number of nitrogens with zero attached hydrogens (tertiary/aromatic N) is 2. The maximum Gasteiger partial charge on any atom is 0.159 e. The third-order valence-corrected chi connectivity index (χ3v) is 3.68. The molecule has 0 radical (unpaired) electrons. The van der Waals surface area contributed by atoms with Crippen LogP contribution in [0.2, 0.25) is 0 Å². The van der Waals surface area contributed by atoms with Gasteiger partial charge in [0.05, 0.1) is 11.4 Å². The molecule has 0 aromatic heterocycles. The topological polar surface area (TPSA) is 6.48 Å². The first-order valence-corrected chi connectivity index (χ1v) is 5.97. The second-order valence-electron chi connectivity index (χ2n) is 3.37. The Kier molecular flexibility index (Phi) is 2.68. The second kappa shape index (κ2) is 3.81. The fourth-order valence-electron chi connectivity index (χ4n) is 1.99. The van der Waals surface area contributed by atoms with Crippen LogP contribution in [-0.4, -0.2) is 18.2 Å². The molecule has 0 N–H and O–H groups in total. The Bertz CT molecular complexity index is 296. The largest absolute Gasteiger partial charge is 0.341 e. The quantitative estimate of drug-likeness (QED) is 0.592. The lowest BCUT2D eigenvalue weighted by atomic mass is 10.2. The Morgan fingerprint density at radius 2 is 1.50 bits per heavy atom. The van der Waals surface area contributed by atoms with Gasteiger partial charge in [-0.1, -0.05) is 12.1 Å². The number of benzene rings is 1. The fourth-order valence-corrected chi connectivity index (χ4v) is 3.01. The van der Waals surface area contributed by atoms with Crippen molar-refractivity contribution in [2.24, 2.45) is 0 Å². The van der Waals surface area contributed by atoms with Gasteiger partial charge in [-0.05, 0) is 41.9 Å². The number of hydrogen-bond acceptors (Lipinski definition) is 2. The van der Waals surface area contributed by atoms with Gasteiger partial charge in [-0.3, -0.25) is 0 Å². The first-order valence-electron chi connectivity index (χ1n) is 5.06. The van der Waals surface area contributed by atoms with Crippen LogP contribution < -0.4 is 9.80 Å². The van der Waals surface area contributed by atoms with Gasteiger partial charge in [0, 0.05) is 13.1 Å². The molecule has 2 nitrogen and oxygen atoms in total. The molecule has 1 aliphatic heterocycles. The van der Waals surface area contributed by atoms with E-state index in [2.05, 4.69) is 63.8 Å². The zero-order valence-electron chi connectivity index (χ0n) is 8.57. The van der Waals surface area contributed by atoms with E-state index in [0.29, 0.717) is 5.08 Å². The van der Waals surface area contributed by atoms with E-state index in [0.717, 1.165) is 13.1 Å². The highest BCUT2D eigenvalue weighted by Crippen LogP contribution is 2.40. The summed E-state index contributed by atoms with van der Waals surface area (Å²) in [5, 5.41) is 0.315. The Hall–Kier alpha value is -0.700. The van der Waals surface area contributed by atoms with Crippen molar-refractivity contribution in [3.05, 3.63) is 24.3 Å². The lowest BCUT2D eigenvalue weighted by Gasteiger charge is -2.26. The van der Waals surface area contributed by atoms with Gasteiger partial charge in [0.15, 0.2) is 5.08 Å². The summed E-state index contributed by atoms with van der Waals surface area (Å²) in [5.74, 6) is 0. The smallest absolute Gasteiger partial charge is 0.159 e. The highest BCUT2D eigenvalue weighted by Gasteiger charge is 2.31. The lowest BCUT2D eigenvalue weighted by Crippen LogP contribution is -2.38. The molecule has 1 heterocycles. The number of alkyl halides is 1. The molecule has 0 fully saturated rings. The zero-order valence-corrected chi connectivity index (χ0v) is 10.2. The van der Waals surface area contributed by atoms with Crippen molar-refractivity contribution in [3.8, 4) is 0 Å². The Labute approximate surface area is 93.6 Å². The Morgan fingerprint density at radius 3 is 1.86 bits per heavy atom. The molecule has 0 aliphatic carbocycles. The van der Waals surface area contributed by atoms with Crippen LogP contribution in [0.4, 0.5) is 11.4 Å². The van der Waals surface area contributed by atoms with Crippen molar-refractivity contribution >= 4 is 27.3 Å². The van der Waals surface area contributed by atoms with Crippen LogP contribution in [0.5, 0.6) is 0 Å².